The van der Waals surface area contributed by atoms with E-state index >= 15 is 0 Å². The lowest BCUT2D eigenvalue weighted by atomic mass is 10.2. The predicted octanol–water partition coefficient (Wildman–Crippen LogP) is 2.32. The molecule has 21 heavy (non-hydrogen) atoms. The summed E-state index contributed by atoms with van der Waals surface area (Å²) in [5, 5.41) is 4.01. The first-order valence-corrected chi connectivity index (χ1v) is 6.45. The number of hydrogen-bond donors (Lipinski definition) is 2. The zero-order chi connectivity index (χ0) is 14.8. The van der Waals surface area contributed by atoms with Gasteiger partial charge < -0.3 is 15.8 Å². The Kier molecular flexibility index (Phi) is 3.27. The van der Waals surface area contributed by atoms with E-state index in [4.69, 9.17) is 10.5 Å². The highest BCUT2D eigenvalue weighted by Crippen LogP contribution is 2.27. The van der Waals surface area contributed by atoms with Gasteiger partial charge in [-0.05, 0) is 24.3 Å². The van der Waals surface area contributed by atoms with Crippen molar-refractivity contribution in [2.75, 3.05) is 25.2 Å². The Morgan fingerprint density at radius 3 is 2.76 bits per heavy atom. The average molecular weight is 281 g/mol. The van der Waals surface area contributed by atoms with Gasteiger partial charge in [0.15, 0.2) is 5.82 Å². The molecular formula is C15H15N5O. The summed E-state index contributed by atoms with van der Waals surface area (Å²) in [4.78, 5) is 13.2. The van der Waals surface area contributed by atoms with Gasteiger partial charge in [-0.3, -0.25) is 4.98 Å². The van der Waals surface area contributed by atoms with E-state index in [-0.39, 0.29) is 0 Å². The number of fused-ring (bicyclic) bond motifs is 1. The molecule has 0 amide bonds. The molecule has 0 spiro atoms. The summed E-state index contributed by atoms with van der Waals surface area (Å²) in [6.45, 7) is 0. The summed E-state index contributed by atoms with van der Waals surface area (Å²) in [5.41, 5.74) is 8.07. The van der Waals surface area contributed by atoms with Crippen LogP contribution in [0.25, 0.3) is 22.3 Å². The largest absolute Gasteiger partial charge is 0.495 e. The molecule has 0 saturated heterocycles. The summed E-state index contributed by atoms with van der Waals surface area (Å²) >= 11 is 0. The number of ether oxygens (including phenoxy) is 1. The number of nitrogen functional groups attached to an aromatic ring is 1. The van der Waals surface area contributed by atoms with Crippen LogP contribution in [0, 0.1) is 0 Å². The number of nitrogens with two attached hydrogens (primary N) is 1. The van der Waals surface area contributed by atoms with Gasteiger partial charge in [0.05, 0.1) is 18.8 Å². The van der Waals surface area contributed by atoms with Crippen LogP contribution in [0.5, 0.6) is 5.75 Å². The molecule has 0 saturated carbocycles. The highest BCUT2D eigenvalue weighted by molar-refractivity contribution is 5.92. The molecule has 0 aliphatic carbocycles. The number of rotatable bonds is 3. The lowest BCUT2D eigenvalue weighted by molar-refractivity contribution is 0.413. The van der Waals surface area contributed by atoms with Crippen LogP contribution in [0.4, 0.5) is 11.5 Å². The van der Waals surface area contributed by atoms with Crippen molar-refractivity contribution in [2.24, 2.45) is 0 Å². The first-order chi connectivity index (χ1) is 10.2. The second-order valence-electron chi connectivity index (χ2n) is 4.54. The van der Waals surface area contributed by atoms with Crippen molar-refractivity contribution in [3.05, 3.63) is 36.7 Å². The van der Waals surface area contributed by atoms with Crippen molar-refractivity contribution < 1.29 is 4.74 Å². The van der Waals surface area contributed by atoms with E-state index in [2.05, 4.69) is 20.3 Å². The van der Waals surface area contributed by atoms with Crippen LogP contribution in [0.15, 0.2) is 36.7 Å². The van der Waals surface area contributed by atoms with E-state index in [1.165, 1.54) is 0 Å². The second-order valence-corrected chi connectivity index (χ2v) is 4.54. The van der Waals surface area contributed by atoms with Gasteiger partial charge in [-0.15, -0.1) is 0 Å². The first kappa shape index (κ1) is 13.1. The molecule has 6 nitrogen and oxygen atoms in total. The number of hydrogen-bond acceptors (Lipinski definition) is 6. The van der Waals surface area contributed by atoms with Crippen LogP contribution in [0.2, 0.25) is 0 Å². The number of methoxy groups -OCH3 is 1. The van der Waals surface area contributed by atoms with Gasteiger partial charge in [-0.1, -0.05) is 0 Å². The summed E-state index contributed by atoms with van der Waals surface area (Å²) < 4.78 is 5.19. The van der Waals surface area contributed by atoms with Crippen molar-refractivity contribution in [3.63, 3.8) is 0 Å². The molecule has 6 heteroatoms. The van der Waals surface area contributed by atoms with Gasteiger partial charge >= 0.3 is 0 Å². The molecule has 0 aliphatic heterocycles. The molecule has 1 aromatic carbocycles. The third-order valence-corrected chi connectivity index (χ3v) is 3.16. The van der Waals surface area contributed by atoms with Gasteiger partial charge in [0.2, 0.25) is 0 Å². The fraction of sp³-hybridized carbons (Fsp3) is 0.133. The Labute approximate surface area is 122 Å². The van der Waals surface area contributed by atoms with Crippen molar-refractivity contribution in [1.29, 1.82) is 0 Å². The third kappa shape index (κ3) is 2.43. The fourth-order valence-electron chi connectivity index (χ4n) is 2.12. The molecular weight excluding hydrogens is 266 g/mol. The minimum Gasteiger partial charge on any atom is -0.495 e. The molecule has 0 aliphatic rings. The van der Waals surface area contributed by atoms with Crippen molar-refractivity contribution in [3.8, 4) is 17.1 Å². The molecule has 3 N–H and O–H groups in total. The molecule has 2 heterocycles. The van der Waals surface area contributed by atoms with Gasteiger partial charge in [0.25, 0.3) is 0 Å². The topological polar surface area (TPSA) is 86.0 Å². The third-order valence-electron chi connectivity index (χ3n) is 3.16. The molecule has 3 aromatic rings. The van der Waals surface area contributed by atoms with Crippen LogP contribution in [0.1, 0.15) is 0 Å². The molecule has 106 valence electrons. The average Bonchev–Trinajstić information content (AvgIpc) is 2.53. The van der Waals surface area contributed by atoms with Gasteiger partial charge in [0.1, 0.15) is 11.6 Å². The number of nitrogens with one attached hydrogen (secondary N) is 1. The molecule has 3 rings (SSSR count). The Hall–Kier alpha value is -2.89. The summed E-state index contributed by atoms with van der Waals surface area (Å²) in [5.74, 6) is 1.98. The maximum Gasteiger partial charge on any atom is 0.163 e. The molecule has 0 fully saturated rings. The second kappa shape index (κ2) is 5.24. The Bertz CT molecular complexity index is 803. The van der Waals surface area contributed by atoms with E-state index in [9.17, 15) is 0 Å². The number of aromatic nitrogens is 3. The number of nitrogens with zero attached hydrogens (tertiary/aromatic N) is 3. The van der Waals surface area contributed by atoms with Crippen LogP contribution in [0.3, 0.4) is 0 Å². The van der Waals surface area contributed by atoms with Gasteiger partial charge in [0, 0.05) is 29.9 Å². The highest BCUT2D eigenvalue weighted by atomic mass is 16.5. The van der Waals surface area contributed by atoms with Crippen molar-refractivity contribution >= 4 is 22.4 Å². The van der Waals surface area contributed by atoms with E-state index in [1.807, 2.05) is 31.3 Å². The standard InChI is InChI=1S/C15H15N5O/c1-17-15-12-4-3-10(16)6-13(12)19-14(20-15)9-5-11(21-2)8-18-7-9/h3-8H,16H2,1-2H3,(H,17,19,20). The Morgan fingerprint density at radius 2 is 2.00 bits per heavy atom. The smallest absolute Gasteiger partial charge is 0.163 e. The van der Waals surface area contributed by atoms with Crippen LogP contribution in [-0.4, -0.2) is 29.1 Å². The molecule has 0 unspecified atom stereocenters. The maximum atomic E-state index is 5.84. The zero-order valence-corrected chi connectivity index (χ0v) is 11.8. The predicted molar refractivity (Wildman–Crippen MR) is 83.3 cm³/mol. The van der Waals surface area contributed by atoms with Gasteiger partial charge in [-0.25, -0.2) is 9.97 Å². The Morgan fingerprint density at radius 1 is 1.14 bits per heavy atom. The highest BCUT2D eigenvalue weighted by Gasteiger charge is 2.10. The SMILES string of the molecule is CNc1nc(-c2cncc(OC)c2)nc2cc(N)ccc12. The summed E-state index contributed by atoms with van der Waals surface area (Å²) in [6, 6.07) is 7.41. The van der Waals surface area contributed by atoms with E-state index in [0.29, 0.717) is 17.3 Å². The zero-order valence-electron chi connectivity index (χ0n) is 11.8. The number of benzene rings is 1. The number of anilines is 2. The van der Waals surface area contributed by atoms with Gasteiger partial charge in [-0.2, -0.15) is 0 Å². The van der Waals surface area contributed by atoms with E-state index < -0.39 is 0 Å². The van der Waals surface area contributed by atoms with Crippen LogP contribution >= 0.6 is 0 Å². The van der Waals surface area contributed by atoms with Crippen molar-refractivity contribution in [1.82, 2.24) is 15.0 Å². The van der Waals surface area contributed by atoms with Crippen molar-refractivity contribution in [2.45, 2.75) is 0 Å². The molecule has 2 aromatic heterocycles. The monoisotopic (exact) mass is 281 g/mol. The molecule has 0 bridgehead atoms. The lowest BCUT2D eigenvalue weighted by Gasteiger charge is -2.09. The minimum atomic E-state index is 0.573. The number of pyridine rings is 1. The van der Waals surface area contributed by atoms with Crippen LogP contribution in [-0.2, 0) is 0 Å². The van der Waals surface area contributed by atoms with E-state index in [1.54, 1.807) is 19.5 Å². The summed E-state index contributed by atoms with van der Waals surface area (Å²) in [7, 11) is 3.42. The normalized spacial score (nSPS) is 10.6. The Balaban J connectivity index is 2.22. The summed E-state index contributed by atoms with van der Waals surface area (Å²) in [6.07, 6.45) is 3.34. The molecule has 0 radical (unpaired) electrons. The maximum absolute atomic E-state index is 5.84. The minimum absolute atomic E-state index is 0.573. The first-order valence-electron chi connectivity index (χ1n) is 6.45. The van der Waals surface area contributed by atoms with Crippen LogP contribution < -0.4 is 15.8 Å². The quantitative estimate of drug-likeness (QED) is 0.717. The molecule has 0 atom stereocenters. The fourth-order valence-corrected chi connectivity index (χ4v) is 2.12. The van der Waals surface area contributed by atoms with E-state index in [0.717, 1.165) is 22.3 Å². The lowest BCUT2D eigenvalue weighted by Crippen LogP contribution is -2.00.